The van der Waals surface area contributed by atoms with Crippen LogP contribution in [-0.4, -0.2) is 33.8 Å². The van der Waals surface area contributed by atoms with Crippen molar-refractivity contribution >= 4 is 6.03 Å². The van der Waals surface area contributed by atoms with Gasteiger partial charge in [-0.05, 0) is 12.5 Å². The number of carbonyl (C=O) groups excluding carboxylic acids is 1. The van der Waals surface area contributed by atoms with Crippen molar-refractivity contribution in [2.75, 3.05) is 13.1 Å². The molecule has 0 radical (unpaired) electrons. The van der Waals surface area contributed by atoms with Crippen LogP contribution in [-0.2, 0) is 0 Å². The zero-order chi connectivity index (χ0) is 7.68. The maximum atomic E-state index is 11.3. The molecule has 0 spiro atoms. The smallest absolute Gasteiger partial charge is 0.323 e. The van der Waals surface area contributed by atoms with E-state index >= 15 is 0 Å². The summed E-state index contributed by atoms with van der Waals surface area (Å²) in [6, 6.07) is 1.73. The van der Waals surface area contributed by atoms with Gasteiger partial charge in [0.25, 0.3) is 0 Å². The zero-order valence-electron chi connectivity index (χ0n) is 6.10. The van der Waals surface area contributed by atoms with E-state index in [2.05, 4.69) is 5.10 Å². The van der Waals surface area contributed by atoms with Crippen LogP contribution in [0.25, 0.3) is 0 Å². The molecule has 0 N–H and O–H groups in total. The van der Waals surface area contributed by atoms with E-state index in [0.29, 0.717) is 0 Å². The fourth-order valence-electron chi connectivity index (χ4n) is 1.03. The Morgan fingerprint density at radius 3 is 2.73 bits per heavy atom. The van der Waals surface area contributed by atoms with Crippen molar-refractivity contribution in [2.24, 2.45) is 0 Å². The molecule has 1 amide bonds. The van der Waals surface area contributed by atoms with Gasteiger partial charge in [-0.25, -0.2) is 4.79 Å². The fourth-order valence-corrected chi connectivity index (χ4v) is 1.03. The van der Waals surface area contributed by atoms with Gasteiger partial charge in [0.05, 0.1) is 0 Å². The lowest BCUT2D eigenvalue weighted by Crippen LogP contribution is -2.44. The predicted octanol–water partition coefficient (Wildman–Crippen LogP) is 0.557. The van der Waals surface area contributed by atoms with Gasteiger partial charge in [-0.2, -0.15) is 9.78 Å². The van der Waals surface area contributed by atoms with Gasteiger partial charge in [0.2, 0.25) is 0 Å². The Bertz CT molecular complexity index is 251. The minimum absolute atomic E-state index is 0.0127. The summed E-state index contributed by atoms with van der Waals surface area (Å²) in [5.41, 5.74) is 0. The minimum atomic E-state index is -0.0127. The Kier molecular flexibility index (Phi) is 1.38. The van der Waals surface area contributed by atoms with Gasteiger partial charge < -0.3 is 4.90 Å². The van der Waals surface area contributed by atoms with E-state index in [0.717, 1.165) is 19.5 Å². The molecular formula is C7H9N3O. The maximum Gasteiger partial charge on any atom is 0.344 e. The second-order valence-electron chi connectivity index (χ2n) is 2.57. The van der Waals surface area contributed by atoms with Gasteiger partial charge >= 0.3 is 6.03 Å². The summed E-state index contributed by atoms with van der Waals surface area (Å²) in [7, 11) is 0. The highest BCUT2D eigenvalue weighted by atomic mass is 16.2. The second-order valence-corrected chi connectivity index (χ2v) is 2.57. The predicted molar refractivity (Wildman–Crippen MR) is 39.2 cm³/mol. The third-order valence-corrected chi connectivity index (χ3v) is 1.83. The van der Waals surface area contributed by atoms with E-state index in [1.807, 2.05) is 0 Å². The normalized spacial score (nSPS) is 16.2. The second kappa shape index (κ2) is 2.38. The van der Waals surface area contributed by atoms with Crippen LogP contribution in [0.4, 0.5) is 4.79 Å². The molecule has 4 nitrogen and oxygen atoms in total. The van der Waals surface area contributed by atoms with Crippen LogP contribution in [0.5, 0.6) is 0 Å². The molecule has 1 aliphatic rings. The molecule has 0 saturated carbocycles. The van der Waals surface area contributed by atoms with Crippen molar-refractivity contribution in [3.8, 4) is 0 Å². The van der Waals surface area contributed by atoms with Crippen molar-refractivity contribution in [2.45, 2.75) is 6.42 Å². The van der Waals surface area contributed by atoms with Gasteiger partial charge in [0, 0.05) is 25.5 Å². The van der Waals surface area contributed by atoms with Crippen LogP contribution in [0.3, 0.4) is 0 Å². The molecule has 1 aromatic heterocycles. The Morgan fingerprint density at radius 1 is 1.45 bits per heavy atom. The molecule has 0 atom stereocenters. The first-order valence-corrected chi connectivity index (χ1v) is 3.67. The summed E-state index contributed by atoms with van der Waals surface area (Å²) in [4.78, 5) is 13.1. The highest BCUT2D eigenvalue weighted by Gasteiger charge is 2.21. The molecule has 58 valence electrons. The highest BCUT2D eigenvalue weighted by Crippen LogP contribution is 2.07. The summed E-state index contributed by atoms with van der Waals surface area (Å²) >= 11 is 0. The molecule has 0 aliphatic carbocycles. The summed E-state index contributed by atoms with van der Waals surface area (Å²) in [5, 5.41) is 3.84. The van der Waals surface area contributed by atoms with E-state index < -0.39 is 0 Å². The van der Waals surface area contributed by atoms with Crippen LogP contribution in [0, 0.1) is 0 Å². The number of hydrogen-bond acceptors (Lipinski definition) is 2. The summed E-state index contributed by atoms with van der Waals surface area (Å²) < 4.78 is 1.36. The van der Waals surface area contributed by atoms with Crippen LogP contribution in [0.2, 0.25) is 0 Å². The van der Waals surface area contributed by atoms with E-state index in [4.69, 9.17) is 0 Å². The number of amides is 1. The van der Waals surface area contributed by atoms with Gasteiger partial charge in [-0.15, -0.1) is 0 Å². The Morgan fingerprint density at radius 2 is 2.27 bits per heavy atom. The van der Waals surface area contributed by atoms with Crippen molar-refractivity contribution in [1.82, 2.24) is 14.7 Å². The fraction of sp³-hybridized carbons (Fsp3) is 0.429. The largest absolute Gasteiger partial charge is 0.344 e. The Balaban J connectivity index is 2.10. The molecule has 0 bridgehead atoms. The number of carbonyl (C=O) groups is 1. The minimum Gasteiger partial charge on any atom is -0.323 e. The monoisotopic (exact) mass is 151 g/mol. The average molecular weight is 151 g/mol. The van der Waals surface area contributed by atoms with Gasteiger partial charge in [0.15, 0.2) is 0 Å². The summed E-state index contributed by atoms with van der Waals surface area (Å²) in [5.74, 6) is 0. The summed E-state index contributed by atoms with van der Waals surface area (Å²) in [6.07, 6.45) is 4.39. The van der Waals surface area contributed by atoms with Gasteiger partial charge in [0.1, 0.15) is 0 Å². The van der Waals surface area contributed by atoms with Crippen molar-refractivity contribution in [1.29, 1.82) is 0 Å². The molecule has 0 aromatic carbocycles. The van der Waals surface area contributed by atoms with Crippen LogP contribution in [0.15, 0.2) is 18.5 Å². The van der Waals surface area contributed by atoms with Crippen LogP contribution >= 0.6 is 0 Å². The van der Waals surface area contributed by atoms with Crippen molar-refractivity contribution in [3.63, 3.8) is 0 Å². The SMILES string of the molecule is O=C(N1CCC1)n1cccn1. The third-order valence-electron chi connectivity index (χ3n) is 1.83. The van der Waals surface area contributed by atoms with Crippen molar-refractivity contribution < 1.29 is 4.79 Å². The molecule has 1 saturated heterocycles. The van der Waals surface area contributed by atoms with Crippen molar-refractivity contribution in [3.05, 3.63) is 18.5 Å². The number of aromatic nitrogens is 2. The first kappa shape index (κ1) is 6.39. The van der Waals surface area contributed by atoms with E-state index in [1.165, 1.54) is 4.68 Å². The molecule has 2 rings (SSSR count). The maximum absolute atomic E-state index is 11.3. The molecule has 2 heterocycles. The standard InChI is InChI=1S/C7H9N3O/c11-7(9-4-2-5-9)10-6-1-3-8-10/h1,3,6H,2,4-5H2. The van der Waals surface area contributed by atoms with E-state index in [-0.39, 0.29) is 6.03 Å². The first-order valence-electron chi connectivity index (χ1n) is 3.67. The summed E-state index contributed by atoms with van der Waals surface area (Å²) in [6.45, 7) is 1.75. The number of likely N-dealkylation sites (tertiary alicyclic amines) is 1. The molecular weight excluding hydrogens is 142 g/mol. The average Bonchev–Trinajstić information content (AvgIpc) is 2.32. The lowest BCUT2D eigenvalue weighted by molar-refractivity contribution is 0.166. The molecule has 4 heteroatoms. The van der Waals surface area contributed by atoms with Gasteiger partial charge in [-0.3, -0.25) is 0 Å². The zero-order valence-corrected chi connectivity index (χ0v) is 6.10. The topological polar surface area (TPSA) is 38.1 Å². The molecule has 0 unspecified atom stereocenters. The Hall–Kier alpha value is -1.32. The van der Waals surface area contributed by atoms with E-state index in [9.17, 15) is 4.79 Å². The van der Waals surface area contributed by atoms with Crippen LogP contribution < -0.4 is 0 Å². The molecule has 1 aliphatic heterocycles. The highest BCUT2D eigenvalue weighted by molar-refractivity contribution is 5.76. The molecule has 11 heavy (non-hydrogen) atoms. The lowest BCUT2D eigenvalue weighted by atomic mass is 10.2. The lowest BCUT2D eigenvalue weighted by Gasteiger charge is -2.29. The van der Waals surface area contributed by atoms with Crippen LogP contribution in [0.1, 0.15) is 6.42 Å². The van der Waals surface area contributed by atoms with Gasteiger partial charge in [-0.1, -0.05) is 0 Å². The third kappa shape index (κ3) is 1.00. The quantitative estimate of drug-likeness (QED) is 0.543. The number of nitrogens with zero attached hydrogens (tertiary/aromatic N) is 3. The Labute approximate surface area is 64.4 Å². The number of hydrogen-bond donors (Lipinski definition) is 0. The first-order chi connectivity index (χ1) is 5.38. The number of rotatable bonds is 0. The molecule has 1 aromatic rings. The van der Waals surface area contributed by atoms with E-state index in [1.54, 1.807) is 23.4 Å². The molecule has 1 fully saturated rings.